The molecule has 7 heteroatoms. The highest BCUT2D eigenvalue weighted by molar-refractivity contribution is 5.96. The van der Waals surface area contributed by atoms with E-state index in [1.165, 1.54) is 36.2 Å². The first-order valence-electron chi connectivity index (χ1n) is 8.54. The zero-order chi connectivity index (χ0) is 19.0. The number of anilines is 1. The fourth-order valence-electron chi connectivity index (χ4n) is 3.34. The molecule has 0 unspecified atom stereocenters. The Kier molecular flexibility index (Phi) is 4.19. The van der Waals surface area contributed by atoms with Crippen LogP contribution in [0.2, 0.25) is 0 Å². The van der Waals surface area contributed by atoms with Crippen LogP contribution in [0.25, 0.3) is 10.9 Å². The molecule has 136 valence electrons. The van der Waals surface area contributed by atoms with Crippen molar-refractivity contribution in [2.75, 3.05) is 18.6 Å². The molecule has 1 aliphatic heterocycles. The lowest BCUT2D eigenvalue weighted by atomic mass is 10.1. The number of hydrogen-bond donors (Lipinski definition) is 0. The summed E-state index contributed by atoms with van der Waals surface area (Å²) in [5.74, 6) is -0.653. The van der Waals surface area contributed by atoms with Crippen molar-refractivity contribution in [3.05, 3.63) is 70.3 Å². The topological polar surface area (TPSA) is 81.5 Å². The number of aromatic nitrogens is 2. The van der Waals surface area contributed by atoms with Crippen LogP contribution in [-0.2, 0) is 22.5 Å². The molecule has 27 heavy (non-hydrogen) atoms. The largest absolute Gasteiger partial charge is 0.465 e. The van der Waals surface area contributed by atoms with Crippen LogP contribution in [-0.4, -0.2) is 35.1 Å². The summed E-state index contributed by atoms with van der Waals surface area (Å²) < 4.78 is 5.97. The first-order chi connectivity index (χ1) is 13.1. The number of carbonyl (C=O) groups is 2. The fourth-order valence-corrected chi connectivity index (χ4v) is 3.34. The van der Waals surface area contributed by atoms with Gasteiger partial charge >= 0.3 is 5.97 Å². The summed E-state index contributed by atoms with van der Waals surface area (Å²) in [5.41, 5.74) is 2.41. The summed E-state index contributed by atoms with van der Waals surface area (Å²) in [4.78, 5) is 43.0. The number of ether oxygens (including phenoxy) is 1. The number of fused-ring (bicyclic) bond motifs is 2. The molecule has 2 aromatic carbocycles. The van der Waals surface area contributed by atoms with Gasteiger partial charge in [-0.1, -0.05) is 18.2 Å². The molecule has 4 rings (SSSR count). The molecule has 0 atom stereocenters. The van der Waals surface area contributed by atoms with Crippen molar-refractivity contribution in [1.29, 1.82) is 0 Å². The Morgan fingerprint density at radius 3 is 2.81 bits per heavy atom. The van der Waals surface area contributed by atoms with Crippen molar-refractivity contribution in [1.82, 2.24) is 9.55 Å². The SMILES string of the molecule is COC(=O)c1ccc2c(=O)n(CC(=O)N3CCc4ccccc43)cnc2c1. The van der Waals surface area contributed by atoms with E-state index in [1.807, 2.05) is 24.3 Å². The predicted octanol–water partition coefficient (Wildman–Crippen LogP) is 1.77. The summed E-state index contributed by atoms with van der Waals surface area (Å²) in [6.07, 6.45) is 2.15. The van der Waals surface area contributed by atoms with Crippen LogP contribution in [0.3, 0.4) is 0 Å². The molecule has 0 saturated carbocycles. The molecule has 7 nitrogen and oxygen atoms in total. The van der Waals surface area contributed by atoms with Crippen LogP contribution < -0.4 is 10.5 Å². The lowest BCUT2D eigenvalue weighted by molar-refractivity contribution is -0.119. The number of rotatable bonds is 3. The maximum atomic E-state index is 12.7. The van der Waals surface area contributed by atoms with Crippen molar-refractivity contribution < 1.29 is 14.3 Å². The van der Waals surface area contributed by atoms with E-state index in [4.69, 9.17) is 0 Å². The third-order valence-electron chi connectivity index (χ3n) is 4.74. The third kappa shape index (κ3) is 2.97. The summed E-state index contributed by atoms with van der Waals surface area (Å²) in [5, 5.41) is 0.347. The van der Waals surface area contributed by atoms with Gasteiger partial charge in [-0.05, 0) is 36.2 Å². The molecular formula is C20H17N3O4. The zero-order valence-electron chi connectivity index (χ0n) is 14.7. The Morgan fingerprint density at radius 1 is 1.19 bits per heavy atom. The van der Waals surface area contributed by atoms with Crippen molar-refractivity contribution in [2.45, 2.75) is 13.0 Å². The standard InChI is InChI=1S/C20H17N3O4/c1-27-20(26)14-6-7-15-16(10-14)21-12-22(19(15)25)11-18(24)23-9-8-13-4-2-3-5-17(13)23/h2-7,10,12H,8-9,11H2,1H3. The maximum Gasteiger partial charge on any atom is 0.337 e. The van der Waals surface area contributed by atoms with Gasteiger partial charge in [0.2, 0.25) is 5.91 Å². The molecule has 0 aliphatic carbocycles. The van der Waals surface area contributed by atoms with Crippen LogP contribution in [0.4, 0.5) is 5.69 Å². The second-order valence-electron chi connectivity index (χ2n) is 6.33. The number of nitrogens with zero attached hydrogens (tertiary/aromatic N) is 3. The van der Waals surface area contributed by atoms with E-state index >= 15 is 0 Å². The van der Waals surface area contributed by atoms with Crippen LogP contribution in [0.1, 0.15) is 15.9 Å². The summed E-state index contributed by atoms with van der Waals surface area (Å²) in [7, 11) is 1.29. The van der Waals surface area contributed by atoms with E-state index in [2.05, 4.69) is 9.72 Å². The number of methoxy groups -OCH3 is 1. The van der Waals surface area contributed by atoms with E-state index in [-0.39, 0.29) is 18.0 Å². The van der Waals surface area contributed by atoms with E-state index in [0.717, 1.165) is 17.7 Å². The Bertz CT molecular complexity index is 1120. The van der Waals surface area contributed by atoms with Gasteiger partial charge in [0.1, 0.15) is 6.54 Å². The lowest BCUT2D eigenvalue weighted by Crippen LogP contribution is -2.35. The van der Waals surface area contributed by atoms with Gasteiger partial charge in [-0.3, -0.25) is 14.2 Å². The van der Waals surface area contributed by atoms with E-state index in [9.17, 15) is 14.4 Å². The van der Waals surface area contributed by atoms with Gasteiger partial charge in [0.05, 0.1) is 29.9 Å². The minimum absolute atomic E-state index is 0.0884. The highest BCUT2D eigenvalue weighted by Crippen LogP contribution is 2.27. The van der Waals surface area contributed by atoms with E-state index in [0.29, 0.717) is 23.0 Å². The maximum absolute atomic E-state index is 12.7. The summed E-state index contributed by atoms with van der Waals surface area (Å²) >= 11 is 0. The first kappa shape index (κ1) is 17.0. The van der Waals surface area contributed by atoms with Crippen molar-refractivity contribution in [3.63, 3.8) is 0 Å². The minimum atomic E-state index is -0.495. The molecule has 1 amide bonds. The Labute approximate surface area is 154 Å². The molecule has 1 aromatic heterocycles. The van der Waals surface area contributed by atoms with Crippen molar-refractivity contribution >= 4 is 28.5 Å². The molecule has 0 radical (unpaired) electrons. The summed E-state index contributed by atoms with van der Waals surface area (Å²) in [6.45, 7) is 0.519. The van der Waals surface area contributed by atoms with Gasteiger partial charge < -0.3 is 9.64 Å². The van der Waals surface area contributed by atoms with Crippen LogP contribution in [0.5, 0.6) is 0 Å². The molecule has 0 saturated heterocycles. The number of hydrogen-bond acceptors (Lipinski definition) is 5. The van der Waals surface area contributed by atoms with Crippen LogP contribution in [0.15, 0.2) is 53.6 Å². The van der Waals surface area contributed by atoms with Gasteiger partial charge in [0.25, 0.3) is 5.56 Å². The molecule has 0 fully saturated rings. The van der Waals surface area contributed by atoms with Crippen molar-refractivity contribution in [3.8, 4) is 0 Å². The third-order valence-corrected chi connectivity index (χ3v) is 4.74. The molecule has 1 aliphatic rings. The molecule has 0 spiro atoms. The number of carbonyl (C=O) groups excluding carboxylic acids is 2. The smallest absolute Gasteiger partial charge is 0.337 e. The average Bonchev–Trinajstić information content (AvgIpc) is 3.13. The highest BCUT2D eigenvalue weighted by Gasteiger charge is 2.24. The molecule has 3 aromatic rings. The number of benzene rings is 2. The van der Waals surface area contributed by atoms with Crippen LogP contribution >= 0.6 is 0 Å². The Balaban J connectivity index is 1.63. The zero-order valence-corrected chi connectivity index (χ0v) is 14.7. The van der Waals surface area contributed by atoms with E-state index < -0.39 is 5.97 Å². The monoisotopic (exact) mass is 363 g/mol. The molecule has 2 heterocycles. The average molecular weight is 363 g/mol. The second-order valence-corrected chi connectivity index (χ2v) is 6.33. The number of amides is 1. The predicted molar refractivity (Wildman–Crippen MR) is 99.8 cm³/mol. The Hall–Kier alpha value is -3.48. The van der Waals surface area contributed by atoms with Gasteiger partial charge in [-0.25, -0.2) is 9.78 Å². The first-order valence-corrected chi connectivity index (χ1v) is 8.54. The second kappa shape index (κ2) is 6.68. The molecular weight excluding hydrogens is 346 g/mol. The number of esters is 1. The van der Waals surface area contributed by atoms with Gasteiger partial charge in [0.15, 0.2) is 0 Å². The van der Waals surface area contributed by atoms with Gasteiger partial charge in [0, 0.05) is 12.2 Å². The highest BCUT2D eigenvalue weighted by atomic mass is 16.5. The molecule has 0 N–H and O–H groups in total. The quantitative estimate of drug-likeness (QED) is 0.663. The normalized spacial score (nSPS) is 12.9. The van der Waals surface area contributed by atoms with Crippen LogP contribution in [0, 0.1) is 0 Å². The summed E-state index contributed by atoms with van der Waals surface area (Å²) in [6, 6.07) is 12.3. The fraction of sp³-hybridized carbons (Fsp3) is 0.200. The number of para-hydroxylation sites is 1. The van der Waals surface area contributed by atoms with Gasteiger partial charge in [-0.15, -0.1) is 0 Å². The Morgan fingerprint density at radius 2 is 2.00 bits per heavy atom. The van der Waals surface area contributed by atoms with Crippen molar-refractivity contribution in [2.24, 2.45) is 0 Å². The molecule has 0 bridgehead atoms. The van der Waals surface area contributed by atoms with Gasteiger partial charge in [-0.2, -0.15) is 0 Å². The minimum Gasteiger partial charge on any atom is -0.465 e. The van der Waals surface area contributed by atoms with E-state index in [1.54, 1.807) is 4.90 Å². The lowest BCUT2D eigenvalue weighted by Gasteiger charge is -2.18.